The van der Waals surface area contributed by atoms with Crippen molar-refractivity contribution in [3.8, 4) is 32.9 Å². The molecule has 0 atom stereocenters. The predicted molar refractivity (Wildman–Crippen MR) is 214 cm³/mol. The van der Waals surface area contributed by atoms with Crippen LogP contribution in [0.5, 0.6) is 0 Å². The van der Waals surface area contributed by atoms with Crippen LogP contribution in [0.15, 0.2) is 145 Å². The molecule has 0 radical (unpaired) electrons. The Bertz CT molecular complexity index is 2130. The minimum Gasteiger partial charge on any atom is -1.00 e. The Morgan fingerprint density at radius 3 is 1.14 bits per heavy atom. The van der Waals surface area contributed by atoms with E-state index >= 15 is 0 Å². The van der Waals surface area contributed by atoms with Crippen LogP contribution in [0.2, 0.25) is 13.1 Å². The second kappa shape index (κ2) is 18.2. The van der Waals surface area contributed by atoms with Crippen molar-refractivity contribution in [3.05, 3.63) is 167 Å². The Kier molecular flexibility index (Phi) is 14.6. The first-order valence-electron chi connectivity index (χ1n) is 16.5. The summed E-state index contributed by atoms with van der Waals surface area (Å²) in [6.07, 6.45) is 0. The van der Waals surface area contributed by atoms with E-state index < -0.39 is 0 Å². The minimum atomic E-state index is -0.278. The number of benzene rings is 4. The van der Waals surface area contributed by atoms with E-state index in [9.17, 15) is 0 Å². The van der Waals surface area contributed by atoms with Crippen LogP contribution in [0.25, 0.3) is 54.4 Å². The zero-order valence-corrected chi connectivity index (χ0v) is 36.3. The smallest absolute Gasteiger partial charge is 0.0278 e. The Morgan fingerprint density at radius 2 is 0.820 bits per heavy atom. The van der Waals surface area contributed by atoms with Gasteiger partial charge in [0.15, 0.2) is 0 Å². The van der Waals surface area contributed by atoms with E-state index in [2.05, 4.69) is 185 Å². The average molecular weight is 823 g/mol. The van der Waals surface area contributed by atoms with Crippen LogP contribution in [0, 0.1) is 27.7 Å². The first-order valence-corrected chi connectivity index (χ1v) is 25.6. The van der Waals surface area contributed by atoms with Gasteiger partial charge in [0.1, 0.15) is 0 Å². The molecule has 0 unspecified atom stereocenters. The van der Waals surface area contributed by atoms with Crippen LogP contribution >= 0.6 is 15.1 Å². The molecular weight excluding hydrogens is 781 g/mol. The molecule has 0 aliphatic heterocycles. The predicted octanol–water partition coefficient (Wildman–Crippen LogP) is 8.43. The van der Waals surface area contributed by atoms with E-state index in [-0.39, 0.29) is 45.3 Å². The average Bonchev–Trinajstić information content (AvgIpc) is 3.88. The second-order valence-corrected chi connectivity index (χ2v) is 26.2. The molecule has 50 heavy (non-hydrogen) atoms. The summed E-state index contributed by atoms with van der Waals surface area (Å²) in [6, 6.07) is 45.1. The van der Waals surface area contributed by atoms with Crippen molar-refractivity contribution in [1.82, 2.24) is 0 Å². The molecule has 0 amide bonds. The van der Waals surface area contributed by atoms with Gasteiger partial charge in [0.2, 0.25) is 0 Å². The van der Waals surface area contributed by atoms with Gasteiger partial charge in [-0.15, -0.1) is 72.0 Å². The van der Waals surface area contributed by atoms with Gasteiger partial charge >= 0.3 is 41.9 Å². The van der Waals surface area contributed by atoms with E-state index in [4.69, 9.17) is 0 Å². The van der Waals surface area contributed by atoms with Crippen LogP contribution in [-0.4, -0.2) is 5.43 Å². The number of aryl methyl sites for hydroxylation is 4. The van der Waals surface area contributed by atoms with Crippen molar-refractivity contribution in [2.75, 3.05) is 0 Å². The molecule has 0 nitrogen and oxygen atoms in total. The van der Waals surface area contributed by atoms with Crippen molar-refractivity contribution in [3.63, 3.8) is 0 Å². The van der Waals surface area contributed by atoms with Crippen LogP contribution < -0.4 is 24.8 Å². The van der Waals surface area contributed by atoms with E-state index in [1.165, 1.54) is 76.7 Å². The van der Waals surface area contributed by atoms with Gasteiger partial charge in [0.25, 0.3) is 0 Å². The molecule has 0 saturated heterocycles. The molecular formula is C44H42Cl2P2SiZr-2. The van der Waals surface area contributed by atoms with Crippen LogP contribution in [0.3, 0.4) is 0 Å². The Labute approximate surface area is 328 Å². The van der Waals surface area contributed by atoms with E-state index in [0.717, 1.165) is 0 Å². The maximum absolute atomic E-state index is 2.39. The minimum absolute atomic E-state index is 0. The van der Waals surface area contributed by atoms with E-state index in [1.54, 1.807) is 23.3 Å². The van der Waals surface area contributed by atoms with Gasteiger partial charge in [0, 0.05) is 0 Å². The molecule has 0 bridgehead atoms. The SMILES string of the molecule is C[Si](C)=[Zr+2].Cc1ccc(-c2cc(-p3cccc3)cc3[cH-]c(C)cc23)cc1.Cc1ccc(-c2cc(-p3cccc3)cc3[cH-]c(C)cc23)cc1.[Cl-].[Cl-]. The molecule has 8 rings (SSSR count). The fraction of sp³-hybridized carbons (Fsp3) is 0.136. The standard InChI is InChI=1S/2C21H18P.C2H6Si.2ClH.Zr/c2*1-15-5-7-17(8-6-15)21-14-19(22-9-3-4-10-22)13-18-11-16(2)12-20(18)21;1-3-2;;;/h2*3-14H,1-2H3;1-2H3;2*1H;/q2*-1;;;;+2/p-2. The van der Waals surface area contributed by atoms with Gasteiger partial charge in [0.05, 0.1) is 0 Å². The first kappa shape index (κ1) is 40.1. The van der Waals surface area contributed by atoms with Crippen molar-refractivity contribution in [2.45, 2.75) is 40.8 Å². The monoisotopic (exact) mass is 820 g/mol. The van der Waals surface area contributed by atoms with Gasteiger partial charge in [-0.25, -0.2) is 0 Å². The van der Waals surface area contributed by atoms with E-state index in [1.807, 2.05) is 0 Å². The zero-order chi connectivity index (χ0) is 33.8. The maximum atomic E-state index is 2.39. The van der Waals surface area contributed by atoms with Gasteiger partial charge in [-0.05, 0) is 58.8 Å². The third-order valence-corrected chi connectivity index (χ3v) is 12.1. The number of hydrogen-bond donors (Lipinski definition) is 0. The fourth-order valence-electron chi connectivity index (χ4n) is 6.17. The molecule has 8 aromatic rings. The van der Waals surface area contributed by atoms with Crippen molar-refractivity contribution >= 4 is 42.0 Å². The van der Waals surface area contributed by atoms with Gasteiger partial charge in [-0.1, -0.05) is 121 Å². The molecule has 2 aromatic heterocycles. The number of fused-ring (bicyclic) bond motifs is 2. The van der Waals surface area contributed by atoms with Crippen molar-refractivity contribution in [1.29, 1.82) is 0 Å². The first-order chi connectivity index (χ1) is 23.1. The summed E-state index contributed by atoms with van der Waals surface area (Å²) >= 11 is 1.74. The number of hydrogen-bond acceptors (Lipinski definition) is 0. The molecule has 0 N–H and O–H groups in total. The largest absolute Gasteiger partial charge is 1.00 e. The second-order valence-electron chi connectivity index (χ2n) is 13.0. The molecule has 0 fully saturated rings. The number of rotatable bonds is 4. The van der Waals surface area contributed by atoms with Gasteiger partial charge in [-0.2, -0.15) is 12.1 Å². The molecule has 6 heteroatoms. The summed E-state index contributed by atoms with van der Waals surface area (Å²) in [4.78, 5) is 0. The molecule has 252 valence electrons. The molecule has 0 saturated carbocycles. The summed E-state index contributed by atoms with van der Waals surface area (Å²) in [5.41, 5.74) is 10.8. The molecule has 0 aliphatic rings. The zero-order valence-electron chi connectivity index (χ0n) is 29.5. The topological polar surface area (TPSA) is 0 Å². The Hall–Kier alpha value is -2.66. The van der Waals surface area contributed by atoms with Crippen molar-refractivity contribution < 1.29 is 48.1 Å². The normalized spacial score (nSPS) is 10.4. The molecule has 2 heterocycles. The van der Waals surface area contributed by atoms with Crippen molar-refractivity contribution in [2.24, 2.45) is 0 Å². The fourth-order valence-corrected chi connectivity index (χ4v) is 9.32. The third kappa shape index (κ3) is 9.81. The maximum Gasteiger partial charge on any atom is -0.0278 e. The molecule has 0 aliphatic carbocycles. The summed E-state index contributed by atoms with van der Waals surface area (Å²) in [6.45, 7) is 13.3. The summed E-state index contributed by atoms with van der Waals surface area (Å²) in [5, 5.41) is 8.34. The molecule has 0 spiro atoms. The molecule has 6 aromatic carbocycles. The van der Waals surface area contributed by atoms with Crippen LogP contribution in [0.4, 0.5) is 0 Å². The van der Waals surface area contributed by atoms with E-state index in [0.29, 0.717) is 0 Å². The third-order valence-electron chi connectivity index (χ3n) is 8.43. The Balaban J connectivity index is 0.000000196. The van der Waals surface area contributed by atoms with Gasteiger partial charge < -0.3 is 24.8 Å². The number of halogens is 2. The summed E-state index contributed by atoms with van der Waals surface area (Å²) in [5.74, 6) is 9.30. The van der Waals surface area contributed by atoms with Crippen LogP contribution in [0.1, 0.15) is 22.3 Å². The Morgan fingerprint density at radius 1 is 0.500 bits per heavy atom. The summed E-state index contributed by atoms with van der Waals surface area (Å²) < 4.78 is 0. The quantitative estimate of drug-likeness (QED) is 0.124. The van der Waals surface area contributed by atoms with Crippen LogP contribution in [-0.2, 0) is 23.3 Å². The summed E-state index contributed by atoms with van der Waals surface area (Å²) in [7, 11) is -0.556. The van der Waals surface area contributed by atoms with Gasteiger partial charge in [-0.3, -0.25) is 0 Å².